The van der Waals surface area contributed by atoms with Crippen molar-refractivity contribution in [3.63, 3.8) is 0 Å². The number of nitro benzene ring substituents is 1. The topological polar surface area (TPSA) is 139 Å². The zero-order valence-corrected chi connectivity index (χ0v) is 14.0. The van der Waals surface area contributed by atoms with Crippen LogP contribution in [0.2, 0.25) is 0 Å². The molecule has 0 aromatic heterocycles. The molecule has 0 aliphatic carbocycles. The molecule has 26 heavy (non-hydrogen) atoms. The first kappa shape index (κ1) is 19.5. The molecule has 0 fully saturated rings. The number of non-ortho nitro benzene ring substituents is 1. The van der Waals surface area contributed by atoms with Crippen molar-refractivity contribution < 1.29 is 29.2 Å². The van der Waals surface area contributed by atoms with E-state index in [-0.39, 0.29) is 61.9 Å². The Labute approximate surface area is 148 Å². The third-order valence-corrected chi connectivity index (χ3v) is 3.75. The molecule has 2 N–H and O–H groups in total. The number of aliphatic hydroxyl groups excluding tert-OH is 1. The summed E-state index contributed by atoms with van der Waals surface area (Å²) < 4.78 is 5.00. The van der Waals surface area contributed by atoms with Crippen molar-refractivity contribution in [1.29, 1.82) is 0 Å². The molecule has 10 nitrogen and oxygen atoms in total. The molecule has 1 heterocycles. The summed E-state index contributed by atoms with van der Waals surface area (Å²) in [6.45, 7) is 0.749. The molecular formula is C16H19N3O7. The van der Waals surface area contributed by atoms with Gasteiger partial charge >= 0.3 is 0 Å². The molecule has 140 valence electrons. The number of imide groups is 1. The van der Waals surface area contributed by atoms with Gasteiger partial charge in [-0.05, 0) is 12.5 Å². The fourth-order valence-corrected chi connectivity index (χ4v) is 2.51. The number of aliphatic hydroxyl groups is 1. The number of nitro groups is 1. The van der Waals surface area contributed by atoms with Crippen LogP contribution in [0.25, 0.3) is 0 Å². The standard InChI is InChI=1S/C16H19N3O7/c20-7-9-26-8-5-17-14(21)2-1-6-18-15(22)12-4-3-11(19(24)25)10-13(12)16(18)23/h3-4,10,20H,1-2,5-9H2,(H,17,21). The van der Waals surface area contributed by atoms with Gasteiger partial charge in [-0.3, -0.25) is 29.4 Å². The van der Waals surface area contributed by atoms with Crippen molar-refractivity contribution in [2.75, 3.05) is 32.9 Å². The van der Waals surface area contributed by atoms with Crippen LogP contribution in [0.1, 0.15) is 33.6 Å². The van der Waals surface area contributed by atoms with Crippen molar-refractivity contribution in [2.24, 2.45) is 0 Å². The van der Waals surface area contributed by atoms with Crippen LogP contribution in [0.4, 0.5) is 5.69 Å². The Morgan fingerprint density at radius 3 is 2.65 bits per heavy atom. The van der Waals surface area contributed by atoms with E-state index in [0.717, 1.165) is 11.0 Å². The van der Waals surface area contributed by atoms with Gasteiger partial charge in [0.1, 0.15) is 0 Å². The first-order valence-corrected chi connectivity index (χ1v) is 8.05. The normalized spacial score (nSPS) is 13.0. The molecule has 2 rings (SSSR count). The number of rotatable bonds is 10. The molecule has 0 bridgehead atoms. The predicted octanol–water partition coefficient (Wildman–Crippen LogP) is 0.0961. The van der Waals surface area contributed by atoms with Gasteiger partial charge in [0.15, 0.2) is 0 Å². The molecular weight excluding hydrogens is 346 g/mol. The summed E-state index contributed by atoms with van der Waals surface area (Å²) in [5.41, 5.74) is -0.115. The fourth-order valence-electron chi connectivity index (χ4n) is 2.51. The quantitative estimate of drug-likeness (QED) is 0.259. The minimum Gasteiger partial charge on any atom is -0.394 e. The van der Waals surface area contributed by atoms with Crippen molar-refractivity contribution >= 4 is 23.4 Å². The van der Waals surface area contributed by atoms with Gasteiger partial charge in [0, 0.05) is 31.6 Å². The number of hydrogen-bond donors (Lipinski definition) is 2. The van der Waals surface area contributed by atoms with Crippen molar-refractivity contribution in [1.82, 2.24) is 10.2 Å². The summed E-state index contributed by atoms with van der Waals surface area (Å²) in [4.78, 5) is 47.3. The van der Waals surface area contributed by atoms with E-state index in [4.69, 9.17) is 9.84 Å². The number of carbonyl (C=O) groups excluding carboxylic acids is 3. The molecule has 10 heteroatoms. The molecule has 1 aliphatic rings. The molecule has 1 aromatic carbocycles. The van der Waals surface area contributed by atoms with Crippen LogP contribution >= 0.6 is 0 Å². The number of amides is 3. The van der Waals surface area contributed by atoms with Gasteiger partial charge in [0.2, 0.25) is 5.91 Å². The summed E-state index contributed by atoms with van der Waals surface area (Å²) in [6.07, 6.45) is 0.393. The lowest BCUT2D eigenvalue weighted by atomic mass is 10.1. The van der Waals surface area contributed by atoms with Crippen molar-refractivity contribution in [2.45, 2.75) is 12.8 Å². The number of hydrogen-bond acceptors (Lipinski definition) is 7. The third kappa shape index (κ3) is 4.61. The van der Waals surface area contributed by atoms with Crippen LogP contribution in [0.3, 0.4) is 0 Å². The first-order valence-electron chi connectivity index (χ1n) is 8.05. The molecule has 1 aliphatic heterocycles. The van der Waals surface area contributed by atoms with Crippen molar-refractivity contribution in [3.05, 3.63) is 39.4 Å². The lowest BCUT2D eigenvalue weighted by molar-refractivity contribution is -0.384. The molecule has 0 unspecified atom stereocenters. The van der Waals surface area contributed by atoms with E-state index in [1.807, 2.05) is 0 Å². The number of fused-ring (bicyclic) bond motifs is 1. The Hall–Kier alpha value is -2.85. The van der Waals surface area contributed by atoms with E-state index in [0.29, 0.717) is 6.54 Å². The van der Waals surface area contributed by atoms with E-state index in [1.54, 1.807) is 0 Å². The molecule has 0 spiro atoms. The van der Waals surface area contributed by atoms with Crippen LogP contribution < -0.4 is 5.32 Å². The zero-order chi connectivity index (χ0) is 19.1. The van der Waals surface area contributed by atoms with E-state index in [1.165, 1.54) is 12.1 Å². The molecule has 0 saturated heterocycles. The van der Waals surface area contributed by atoms with Gasteiger partial charge in [0.25, 0.3) is 17.5 Å². The van der Waals surface area contributed by atoms with E-state index in [2.05, 4.69) is 5.32 Å². The highest BCUT2D eigenvalue weighted by molar-refractivity contribution is 6.21. The Kier molecular flexibility index (Phi) is 6.75. The zero-order valence-electron chi connectivity index (χ0n) is 14.0. The van der Waals surface area contributed by atoms with Crippen LogP contribution in [0.5, 0.6) is 0 Å². The molecule has 0 radical (unpaired) electrons. The maximum absolute atomic E-state index is 12.3. The van der Waals surface area contributed by atoms with E-state index < -0.39 is 16.7 Å². The van der Waals surface area contributed by atoms with Crippen LogP contribution in [0.15, 0.2) is 18.2 Å². The number of ether oxygens (including phenoxy) is 1. The highest BCUT2D eigenvalue weighted by atomic mass is 16.6. The molecule has 1 aromatic rings. The number of nitrogens with one attached hydrogen (secondary N) is 1. The Bertz CT molecular complexity index is 720. The average molecular weight is 365 g/mol. The molecule has 3 amide bonds. The third-order valence-electron chi connectivity index (χ3n) is 3.75. The average Bonchev–Trinajstić information content (AvgIpc) is 2.86. The summed E-state index contributed by atoms with van der Waals surface area (Å²) in [5.74, 6) is -1.35. The maximum atomic E-state index is 12.3. The highest BCUT2D eigenvalue weighted by Gasteiger charge is 2.36. The van der Waals surface area contributed by atoms with Gasteiger partial charge in [-0.25, -0.2) is 0 Å². The van der Waals surface area contributed by atoms with Gasteiger partial charge in [-0.15, -0.1) is 0 Å². The number of nitrogens with zero attached hydrogens (tertiary/aromatic N) is 2. The summed E-state index contributed by atoms with van der Waals surface area (Å²) in [7, 11) is 0. The van der Waals surface area contributed by atoms with E-state index in [9.17, 15) is 24.5 Å². The van der Waals surface area contributed by atoms with Gasteiger partial charge in [-0.2, -0.15) is 0 Å². The second kappa shape index (κ2) is 9.02. The van der Waals surface area contributed by atoms with Gasteiger partial charge in [0.05, 0.1) is 35.9 Å². The number of benzene rings is 1. The minimum atomic E-state index is -0.630. The van der Waals surface area contributed by atoms with Crippen LogP contribution in [-0.4, -0.2) is 65.6 Å². The lowest BCUT2D eigenvalue weighted by Crippen LogP contribution is -2.32. The largest absolute Gasteiger partial charge is 0.394 e. The Balaban J connectivity index is 1.82. The lowest BCUT2D eigenvalue weighted by Gasteiger charge is -2.13. The Morgan fingerprint density at radius 2 is 1.96 bits per heavy atom. The maximum Gasteiger partial charge on any atom is 0.270 e. The van der Waals surface area contributed by atoms with E-state index >= 15 is 0 Å². The van der Waals surface area contributed by atoms with Crippen LogP contribution in [-0.2, 0) is 9.53 Å². The molecule has 0 saturated carbocycles. The second-order valence-electron chi connectivity index (χ2n) is 5.54. The summed E-state index contributed by atoms with van der Waals surface area (Å²) >= 11 is 0. The second-order valence-corrected chi connectivity index (χ2v) is 5.54. The SMILES string of the molecule is O=C(CCCN1C(=O)c2ccc([N+](=O)[O-])cc2C1=O)NCCOCCO. The molecule has 0 atom stereocenters. The summed E-state index contributed by atoms with van der Waals surface area (Å²) in [5, 5.41) is 21.9. The monoisotopic (exact) mass is 365 g/mol. The smallest absolute Gasteiger partial charge is 0.270 e. The van der Waals surface area contributed by atoms with Gasteiger partial charge < -0.3 is 15.2 Å². The fraction of sp³-hybridized carbons (Fsp3) is 0.438. The van der Waals surface area contributed by atoms with Crippen LogP contribution in [0, 0.1) is 10.1 Å². The Morgan fingerprint density at radius 1 is 1.23 bits per heavy atom. The van der Waals surface area contributed by atoms with Gasteiger partial charge in [-0.1, -0.05) is 0 Å². The predicted molar refractivity (Wildman–Crippen MR) is 88.6 cm³/mol. The first-order chi connectivity index (χ1) is 12.5. The van der Waals surface area contributed by atoms with Crippen molar-refractivity contribution in [3.8, 4) is 0 Å². The number of carbonyl (C=O) groups is 3. The highest BCUT2D eigenvalue weighted by Crippen LogP contribution is 2.26. The minimum absolute atomic E-state index is 0.00897. The summed E-state index contributed by atoms with van der Waals surface area (Å²) in [6, 6.07) is 3.54.